The van der Waals surface area contributed by atoms with Crippen LogP contribution in [0.1, 0.15) is 49.9 Å². The van der Waals surface area contributed by atoms with Crippen LogP contribution >= 0.6 is 11.3 Å². The molecule has 0 saturated heterocycles. The first kappa shape index (κ1) is 15.4. The molecule has 2 aliphatic rings. The molecule has 6 nitrogen and oxygen atoms in total. The van der Waals surface area contributed by atoms with E-state index in [1.54, 1.807) is 16.0 Å². The number of carbonyl (C=O) groups is 1. The van der Waals surface area contributed by atoms with Crippen LogP contribution in [0, 0.1) is 0 Å². The van der Waals surface area contributed by atoms with Crippen molar-refractivity contribution in [3.63, 3.8) is 0 Å². The quantitative estimate of drug-likeness (QED) is 0.863. The van der Waals surface area contributed by atoms with Gasteiger partial charge in [-0.05, 0) is 44.1 Å². The molecule has 7 heteroatoms. The molecule has 1 N–H and O–H groups in total. The third-order valence-electron chi connectivity index (χ3n) is 4.65. The number of rotatable bonds is 3. The molecule has 0 unspecified atom stereocenters. The van der Waals surface area contributed by atoms with Gasteiger partial charge in [0.25, 0.3) is 0 Å². The van der Waals surface area contributed by atoms with Gasteiger partial charge < -0.3 is 10.1 Å². The molecule has 3 heterocycles. The maximum Gasteiger partial charge on any atom is 0.338 e. The number of carbonyl (C=O) groups excluding carboxylic acids is 1. The summed E-state index contributed by atoms with van der Waals surface area (Å²) in [5, 5.41) is 9.50. The van der Waals surface area contributed by atoms with Crippen LogP contribution in [0.5, 0.6) is 0 Å². The first-order chi connectivity index (χ1) is 11.7. The minimum absolute atomic E-state index is 0.0349. The molecule has 2 aromatic rings. The Kier molecular flexibility index (Phi) is 4.10. The molecule has 1 aliphatic heterocycles. The number of hydrogen-bond acceptors (Lipinski definition) is 6. The van der Waals surface area contributed by atoms with E-state index in [-0.39, 0.29) is 18.1 Å². The Balaban J connectivity index is 1.67. The van der Waals surface area contributed by atoms with E-state index in [1.807, 2.05) is 24.4 Å². The summed E-state index contributed by atoms with van der Waals surface area (Å²) in [6.45, 7) is 1.90. The van der Waals surface area contributed by atoms with Gasteiger partial charge in [0.15, 0.2) is 0 Å². The van der Waals surface area contributed by atoms with Gasteiger partial charge in [0, 0.05) is 10.6 Å². The van der Waals surface area contributed by atoms with Gasteiger partial charge in [-0.1, -0.05) is 12.5 Å². The SMILES string of the molecule is CC1=C(C(=O)OC2CCCCC2)[C@@H](c2cccs2)n2ncnc2N1. The molecule has 0 spiro atoms. The number of nitrogens with zero attached hydrogens (tertiary/aromatic N) is 3. The van der Waals surface area contributed by atoms with Crippen molar-refractivity contribution in [2.75, 3.05) is 5.32 Å². The van der Waals surface area contributed by atoms with Gasteiger partial charge in [-0.3, -0.25) is 0 Å². The second-order valence-electron chi connectivity index (χ2n) is 6.28. The van der Waals surface area contributed by atoms with Gasteiger partial charge in [-0.2, -0.15) is 10.1 Å². The fraction of sp³-hybridized carbons (Fsp3) is 0.471. The van der Waals surface area contributed by atoms with Gasteiger partial charge in [0.05, 0.1) is 5.57 Å². The Morgan fingerprint density at radius 3 is 2.96 bits per heavy atom. The summed E-state index contributed by atoms with van der Waals surface area (Å²) in [5.74, 6) is 0.409. The molecular formula is C17H20N4O2S. The number of aromatic nitrogens is 3. The van der Waals surface area contributed by atoms with Crippen LogP contribution in [0.2, 0.25) is 0 Å². The predicted molar refractivity (Wildman–Crippen MR) is 91.8 cm³/mol. The van der Waals surface area contributed by atoms with E-state index in [2.05, 4.69) is 15.4 Å². The van der Waals surface area contributed by atoms with Crippen LogP contribution in [0.15, 0.2) is 35.1 Å². The molecule has 0 amide bonds. The Labute approximate surface area is 144 Å². The highest BCUT2D eigenvalue weighted by molar-refractivity contribution is 7.10. The van der Waals surface area contributed by atoms with E-state index < -0.39 is 0 Å². The van der Waals surface area contributed by atoms with Crippen LogP contribution < -0.4 is 5.32 Å². The second kappa shape index (κ2) is 6.39. The smallest absolute Gasteiger partial charge is 0.338 e. The van der Waals surface area contributed by atoms with Crippen molar-refractivity contribution in [2.45, 2.75) is 51.2 Å². The van der Waals surface area contributed by atoms with Crippen molar-refractivity contribution in [3.8, 4) is 0 Å². The van der Waals surface area contributed by atoms with Crippen molar-refractivity contribution >= 4 is 23.3 Å². The summed E-state index contributed by atoms with van der Waals surface area (Å²) in [5.41, 5.74) is 1.41. The lowest BCUT2D eigenvalue weighted by Gasteiger charge is -2.29. The number of fused-ring (bicyclic) bond motifs is 1. The van der Waals surface area contributed by atoms with Crippen molar-refractivity contribution in [3.05, 3.63) is 40.0 Å². The molecule has 1 fully saturated rings. The van der Waals surface area contributed by atoms with E-state index >= 15 is 0 Å². The molecule has 126 valence electrons. The van der Waals surface area contributed by atoms with Crippen molar-refractivity contribution in [1.82, 2.24) is 14.8 Å². The van der Waals surface area contributed by atoms with E-state index in [1.165, 1.54) is 12.7 Å². The van der Waals surface area contributed by atoms with Crippen LogP contribution in [-0.4, -0.2) is 26.8 Å². The van der Waals surface area contributed by atoms with Crippen LogP contribution in [-0.2, 0) is 9.53 Å². The van der Waals surface area contributed by atoms with E-state index in [9.17, 15) is 4.79 Å². The Morgan fingerprint density at radius 2 is 2.21 bits per heavy atom. The summed E-state index contributed by atoms with van der Waals surface area (Å²) in [4.78, 5) is 18.2. The summed E-state index contributed by atoms with van der Waals surface area (Å²) in [6, 6.07) is 3.73. The molecule has 4 rings (SSSR count). The van der Waals surface area contributed by atoms with E-state index in [4.69, 9.17) is 4.74 Å². The summed E-state index contributed by atoms with van der Waals surface area (Å²) < 4.78 is 7.59. The van der Waals surface area contributed by atoms with Crippen molar-refractivity contribution in [2.24, 2.45) is 0 Å². The first-order valence-corrected chi connectivity index (χ1v) is 9.23. The summed E-state index contributed by atoms with van der Waals surface area (Å²) >= 11 is 1.61. The molecule has 1 atom stereocenters. The number of anilines is 1. The standard InChI is InChI=1S/C17H20N4O2S/c1-11-14(16(22)23-12-6-3-2-4-7-12)15(13-8-5-9-24-13)21-17(20-11)18-10-19-21/h5,8-10,12,15H,2-4,6-7H2,1H3,(H,18,19,20)/t15-/m1/s1. The van der Waals surface area contributed by atoms with E-state index in [0.717, 1.165) is 36.3 Å². The Hall–Kier alpha value is -2.15. The molecule has 1 aliphatic carbocycles. The maximum absolute atomic E-state index is 12.9. The largest absolute Gasteiger partial charge is 0.459 e. The zero-order valence-electron chi connectivity index (χ0n) is 13.6. The van der Waals surface area contributed by atoms with Crippen molar-refractivity contribution < 1.29 is 9.53 Å². The lowest BCUT2D eigenvalue weighted by molar-refractivity contribution is -0.146. The Bertz CT molecular complexity index is 759. The molecule has 24 heavy (non-hydrogen) atoms. The van der Waals surface area contributed by atoms with Gasteiger partial charge in [-0.15, -0.1) is 11.3 Å². The monoisotopic (exact) mass is 344 g/mol. The molecule has 0 aromatic carbocycles. The first-order valence-electron chi connectivity index (χ1n) is 8.35. The number of nitrogens with one attached hydrogen (secondary N) is 1. The number of esters is 1. The van der Waals surface area contributed by atoms with Gasteiger partial charge >= 0.3 is 5.97 Å². The highest BCUT2D eigenvalue weighted by Gasteiger charge is 2.35. The number of ether oxygens (including phenoxy) is 1. The number of hydrogen-bond donors (Lipinski definition) is 1. The number of thiophene rings is 1. The summed E-state index contributed by atoms with van der Waals surface area (Å²) in [6.07, 6.45) is 6.97. The van der Waals surface area contributed by atoms with E-state index in [0.29, 0.717) is 11.5 Å². The lowest BCUT2D eigenvalue weighted by atomic mass is 9.97. The molecule has 0 radical (unpaired) electrons. The zero-order valence-corrected chi connectivity index (χ0v) is 14.4. The normalized spacial score (nSPS) is 21.3. The van der Waals surface area contributed by atoms with Gasteiger partial charge in [0.2, 0.25) is 5.95 Å². The van der Waals surface area contributed by atoms with Crippen molar-refractivity contribution in [1.29, 1.82) is 0 Å². The highest BCUT2D eigenvalue weighted by Crippen LogP contribution is 2.37. The maximum atomic E-state index is 12.9. The molecular weight excluding hydrogens is 324 g/mol. The molecule has 2 aromatic heterocycles. The van der Waals surface area contributed by atoms with Gasteiger partial charge in [-0.25, -0.2) is 9.48 Å². The highest BCUT2D eigenvalue weighted by atomic mass is 32.1. The molecule has 1 saturated carbocycles. The second-order valence-corrected chi connectivity index (χ2v) is 7.25. The minimum Gasteiger partial charge on any atom is -0.459 e. The lowest BCUT2D eigenvalue weighted by Crippen LogP contribution is -2.31. The fourth-order valence-electron chi connectivity index (χ4n) is 3.46. The van der Waals surface area contributed by atoms with Crippen LogP contribution in [0.4, 0.5) is 5.95 Å². The predicted octanol–water partition coefficient (Wildman–Crippen LogP) is 3.50. The average Bonchev–Trinajstić information content (AvgIpc) is 3.25. The average molecular weight is 344 g/mol. The zero-order chi connectivity index (χ0) is 16.5. The third kappa shape index (κ3) is 2.73. The third-order valence-corrected chi connectivity index (χ3v) is 5.58. The minimum atomic E-state index is -0.278. The fourth-order valence-corrected chi connectivity index (χ4v) is 4.28. The molecule has 0 bridgehead atoms. The Morgan fingerprint density at radius 1 is 1.38 bits per heavy atom. The topological polar surface area (TPSA) is 69.0 Å². The number of allylic oxidation sites excluding steroid dienone is 1. The van der Waals surface area contributed by atoms with Gasteiger partial charge in [0.1, 0.15) is 18.5 Å². The van der Waals surface area contributed by atoms with Crippen LogP contribution in [0.3, 0.4) is 0 Å². The summed E-state index contributed by atoms with van der Waals surface area (Å²) in [7, 11) is 0. The van der Waals surface area contributed by atoms with Crippen LogP contribution in [0.25, 0.3) is 0 Å².